The maximum absolute atomic E-state index is 10.9. The Morgan fingerprint density at radius 2 is 2.19 bits per heavy atom. The molecule has 0 aliphatic carbocycles. The Hall–Kier alpha value is -2.31. The predicted molar refractivity (Wildman–Crippen MR) is 55.8 cm³/mol. The highest BCUT2D eigenvalue weighted by atomic mass is 16.6. The number of carboxylic acid groups (broad SMARTS) is 1. The van der Waals surface area contributed by atoms with E-state index < -0.39 is 16.6 Å². The van der Waals surface area contributed by atoms with E-state index in [1.807, 2.05) is 0 Å². The van der Waals surface area contributed by atoms with Crippen LogP contribution in [0.25, 0.3) is 0 Å². The van der Waals surface area contributed by atoms with Crippen LogP contribution in [0.15, 0.2) is 6.07 Å². The van der Waals surface area contributed by atoms with Gasteiger partial charge in [0.1, 0.15) is 11.3 Å². The highest BCUT2D eigenvalue weighted by Gasteiger charge is 2.27. The molecule has 7 nitrogen and oxygen atoms in total. The van der Waals surface area contributed by atoms with Gasteiger partial charge in [-0.1, -0.05) is 0 Å². The van der Waals surface area contributed by atoms with Gasteiger partial charge in [-0.05, 0) is 18.6 Å². The minimum absolute atomic E-state index is 0.0909. The normalized spacial score (nSPS) is 9.88. The van der Waals surface area contributed by atoms with Gasteiger partial charge in [-0.15, -0.1) is 0 Å². The number of benzene rings is 1. The fourth-order valence-electron chi connectivity index (χ4n) is 1.34. The van der Waals surface area contributed by atoms with Crippen LogP contribution in [-0.2, 0) is 0 Å². The summed E-state index contributed by atoms with van der Waals surface area (Å²) < 4.78 is 4.73. The molecule has 0 spiro atoms. The Morgan fingerprint density at radius 3 is 2.56 bits per heavy atom. The van der Waals surface area contributed by atoms with Gasteiger partial charge in [-0.2, -0.15) is 0 Å². The summed E-state index contributed by atoms with van der Waals surface area (Å²) in [6.07, 6.45) is 0. The number of aromatic carboxylic acids is 1. The maximum Gasteiger partial charge on any atom is 0.339 e. The lowest BCUT2D eigenvalue weighted by atomic mass is 10.1. The Kier molecular flexibility index (Phi) is 2.98. The van der Waals surface area contributed by atoms with Crippen molar-refractivity contribution in [1.29, 1.82) is 0 Å². The second kappa shape index (κ2) is 4.05. The molecule has 0 saturated heterocycles. The standard InChI is InChI=1S/C9H10N2O5/c1-4-3-5(9(12)13)8(16-2)7(6(4)10)11(14)15/h3H,10H2,1-2H3,(H,12,13). The van der Waals surface area contributed by atoms with Gasteiger partial charge < -0.3 is 15.6 Å². The average molecular weight is 226 g/mol. The lowest BCUT2D eigenvalue weighted by molar-refractivity contribution is -0.384. The van der Waals surface area contributed by atoms with Gasteiger partial charge in [0, 0.05) is 0 Å². The number of nitrogens with two attached hydrogens (primary N) is 1. The molecule has 0 radical (unpaired) electrons. The van der Waals surface area contributed by atoms with Crippen molar-refractivity contribution in [3.8, 4) is 5.75 Å². The molecular weight excluding hydrogens is 216 g/mol. The first-order valence-corrected chi connectivity index (χ1v) is 4.24. The number of aryl methyl sites for hydroxylation is 1. The number of nitro benzene ring substituents is 1. The minimum atomic E-state index is -1.30. The van der Waals surface area contributed by atoms with E-state index in [-0.39, 0.29) is 17.0 Å². The van der Waals surface area contributed by atoms with E-state index in [2.05, 4.69) is 0 Å². The zero-order valence-electron chi connectivity index (χ0n) is 8.68. The van der Waals surface area contributed by atoms with Crippen molar-refractivity contribution >= 4 is 17.3 Å². The predicted octanol–water partition coefficient (Wildman–Crippen LogP) is 1.19. The molecule has 0 heterocycles. The highest BCUT2D eigenvalue weighted by molar-refractivity contribution is 5.95. The number of carbonyl (C=O) groups is 1. The molecule has 3 N–H and O–H groups in total. The van der Waals surface area contributed by atoms with E-state index in [1.165, 1.54) is 13.0 Å². The number of hydrogen-bond acceptors (Lipinski definition) is 5. The molecule has 0 saturated carbocycles. The molecule has 1 aromatic rings. The van der Waals surface area contributed by atoms with E-state index in [0.717, 1.165) is 7.11 Å². The zero-order valence-corrected chi connectivity index (χ0v) is 8.68. The first-order valence-electron chi connectivity index (χ1n) is 4.24. The Balaban J connectivity index is 3.68. The minimum Gasteiger partial charge on any atom is -0.489 e. The number of ether oxygens (including phenoxy) is 1. The van der Waals surface area contributed by atoms with Gasteiger partial charge in [-0.3, -0.25) is 10.1 Å². The molecule has 0 aliphatic heterocycles. The fraction of sp³-hybridized carbons (Fsp3) is 0.222. The third kappa shape index (κ3) is 1.74. The number of methoxy groups -OCH3 is 1. The van der Waals surface area contributed by atoms with Crippen LogP contribution in [0.1, 0.15) is 15.9 Å². The number of nitrogens with zero attached hydrogens (tertiary/aromatic N) is 1. The lowest BCUT2D eigenvalue weighted by Gasteiger charge is -2.09. The van der Waals surface area contributed by atoms with E-state index in [1.54, 1.807) is 0 Å². The van der Waals surface area contributed by atoms with Gasteiger partial charge in [0.25, 0.3) is 0 Å². The number of rotatable bonds is 3. The van der Waals surface area contributed by atoms with E-state index in [4.69, 9.17) is 15.6 Å². The summed E-state index contributed by atoms with van der Waals surface area (Å²) in [5.74, 6) is -1.64. The van der Waals surface area contributed by atoms with Crippen molar-refractivity contribution in [3.63, 3.8) is 0 Å². The van der Waals surface area contributed by atoms with Gasteiger partial charge in [0.15, 0.2) is 0 Å². The van der Waals surface area contributed by atoms with Gasteiger partial charge in [0.2, 0.25) is 5.75 Å². The first-order chi connectivity index (χ1) is 7.40. The Morgan fingerprint density at radius 1 is 1.62 bits per heavy atom. The van der Waals surface area contributed by atoms with Gasteiger partial charge >= 0.3 is 11.7 Å². The molecule has 1 aromatic carbocycles. The fourth-order valence-corrected chi connectivity index (χ4v) is 1.34. The monoisotopic (exact) mass is 226 g/mol. The molecule has 7 heteroatoms. The van der Waals surface area contributed by atoms with Gasteiger partial charge in [0.05, 0.1) is 12.0 Å². The number of carboxylic acids is 1. The molecule has 0 unspecified atom stereocenters. The Labute approximate surface area is 90.6 Å². The van der Waals surface area contributed by atoms with Crippen LogP contribution >= 0.6 is 0 Å². The summed E-state index contributed by atoms with van der Waals surface area (Å²) in [4.78, 5) is 20.9. The molecular formula is C9H10N2O5. The highest BCUT2D eigenvalue weighted by Crippen LogP contribution is 2.38. The molecule has 0 fully saturated rings. The van der Waals surface area contributed by atoms with E-state index >= 15 is 0 Å². The summed E-state index contributed by atoms with van der Waals surface area (Å²) in [6.45, 7) is 1.49. The molecule has 0 aromatic heterocycles. The summed E-state index contributed by atoms with van der Waals surface area (Å²) in [5, 5.41) is 19.7. The van der Waals surface area contributed by atoms with Crippen LogP contribution in [0.5, 0.6) is 5.75 Å². The maximum atomic E-state index is 10.9. The average Bonchev–Trinajstić information content (AvgIpc) is 2.20. The topological polar surface area (TPSA) is 116 Å². The van der Waals surface area contributed by atoms with E-state index in [9.17, 15) is 14.9 Å². The number of nitro groups is 1. The second-order valence-corrected chi connectivity index (χ2v) is 3.10. The third-order valence-electron chi connectivity index (χ3n) is 2.12. The number of hydrogen-bond donors (Lipinski definition) is 2. The van der Waals surface area contributed by atoms with Crippen molar-refractivity contribution in [2.75, 3.05) is 12.8 Å². The lowest BCUT2D eigenvalue weighted by Crippen LogP contribution is -2.07. The van der Waals surface area contributed by atoms with Crippen molar-refractivity contribution in [2.45, 2.75) is 6.92 Å². The van der Waals surface area contributed by atoms with Crippen molar-refractivity contribution in [1.82, 2.24) is 0 Å². The van der Waals surface area contributed by atoms with E-state index in [0.29, 0.717) is 5.56 Å². The molecule has 0 aliphatic rings. The SMILES string of the molecule is COc1c(C(=O)O)cc(C)c(N)c1[N+](=O)[O-]. The van der Waals surface area contributed by atoms with Crippen molar-refractivity contribution in [2.24, 2.45) is 0 Å². The number of anilines is 1. The molecule has 0 atom stereocenters. The van der Waals surface area contributed by atoms with Crippen molar-refractivity contribution in [3.05, 3.63) is 27.3 Å². The third-order valence-corrected chi connectivity index (χ3v) is 2.12. The second-order valence-electron chi connectivity index (χ2n) is 3.10. The Bertz CT molecular complexity index is 469. The molecule has 16 heavy (non-hydrogen) atoms. The molecule has 86 valence electrons. The quantitative estimate of drug-likeness (QED) is 0.454. The summed E-state index contributed by atoms with van der Waals surface area (Å²) in [7, 11) is 1.16. The molecule has 1 rings (SSSR count). The van der Waals surface area contributed by atoms with Crippen LogP contribution in [-0.4, -0.2) is 23.1 Å². The first kappa shape index (κ1) is 11.8. The molecule has 0 amide bonds. The smallest absolute Gasteiger partial charge is 0.339 e. The van der Waals surface area contributed by atoms with Crippen LogP contribution in [0.3, 0.4) is 0 Å². The summed E-state index contributed by atoms with van der Waals surface area (Å²) >= 11 is 0. The zero-order chi connectivity index (χ0) is 12.5. The van der Waals surface area contributed by atoms with Crippen LogP contribution in [0, 0.1) is 17.0 Å². The van der Waals surface area contributed by atoms with Crippen LogP contribution in [0.4, 0.5) is 11.4 Å². The summed E-state index contributed by atoms with van der Waals surface area (Å²) in [5.41, 5.74) is 4.96. The van der Waals surface area contributed by atoms with Crippen LogP contribution < -0.4 is 10.5 Å². The van der Waals surface area contributed by atoms with Crippen LogP contribution in [0.2, 0.25) is 0 Å². The number of nitrogen functional groups attached to an aromatic ring is 1. The van der Waals surface area contributed by atoms with Gasteiger partial charge in [-0.25, -0.2) is 4.79 Å². The summed E-state index contributed by atoms with van der Waals surface area (Å²) in [6, 6.07) is 1.24. The molecule has 0 bridgehead atoms. The largest absolute Gasteiger partial charge is 0.489 e. The van der Waals surface area contributed by atoms with Crippen molar-refractivity contribution < 1.29 is 19.6 Å².